The van der Waals surface area contributed by atoms with Gasteiger partial charge in [0.15, 0.2) is 0 Å². The molecule has 2 aliphatic rings. The van der Waals surface area contributed by atoms with E-state index in [1.165, 1.54) is 5.56 Å². The van der Waals surface area contributed by atoms with Crippen LogP contribution in [0.4, 0.5) is 5.69 Å². The van der Waals surface area contributed by atoms with Gasteiger partial charge < -0.3 is 9.64 Å². The fourth-order valence-corrected chi connectivity index (χ4v) is 5.79. The molecule has 1 fully saturated rings. The van der Waals surface area contributed by atoms with Gasteiger partial charge in [0.2, 0.25) is 10.0 Å². The third-order valence-corrected chi connectivity index (χ3v) is 7.87. The van der Waals surface area contributed by atoms with E-state index in [0.717, 1.165) is 36.1 Å². The van der Waals surface area contributed by atoms with Crippen LogP contribution < -0.4 is 4.90 Å². The van der Waals surface area contributed by atoms with E-state index >= 15 is 0 Å². The van der Waals surface area contributed by atoms with Gasteiger partial charge in [-0.2, -0.15) is 4.31 Å². The molecule has 0 bridgehead atoms. The maximum absolute atomic E-state index is 13.7. The van der Waals surface area contributed by atoms with Crippen LogP contribution >= 0.6 is 0 Å². The monoisotopic (exact) mass is 426 g/mol. The van der Waals surface area contributed by atoms with Gasteiger partial charge in [0.1, 0.15) is 0 Å². The van der Waals surface area contributed by atoms with Gasteiger partial charge in [-0.15, -0.1) is 0 Å². The minimum absolute atomic E-state index is 0.0303. The van der Waals surface area contributed by atoms with Crippen molar-refractivity contribution in [2.45, 2.75) is 38.3 Å². The quantitative estimate of drug-likeness (QED) is 0.670. The molecule has 1 heterocycles. The largest absolute Gasteiger partial charge is 0.378 e. The van der Waals surface area contributed by atoms with Crippen LogP contribution in [0.1, 0.15) is 36.0 Å². The zero-order valence-corrected chi connectivity index (χ0v) is 18.6. The molecular formula is C24H30N2O3S. The highest BCUT2D eigenvalue weighted by Gasteiger charge is 2.32. The lowest BCUT2D eigenvalue weighted by molar-refractivity contribution is 0.0928. The van der Waals surface area contributed by atoms with Crippen LogP contribution in [0, 0.1) is 0 Å². The van der Waals surface area contributed by atoms with Crippen LogP contribution in [0.3, 0.4) is 0 Å². The Morgan fingerprint density at radius 3 is 2.50 bits per heavy atom. The zero-order valence-electron chi connectivity index (χ0n) is 17.8. The Kier molecular flexibility index (Phi) is 6.27. The highest BCUT2D eigenvalue weighted by atomic mass is 32.2. The summed E-state index contributed by atoms with van der Waals surface area (Å²) in [6.45, 7) is 1.47. The summed E-state index contributed by atoms with van der Waals surface area (Å²) in [4.78, 5) is 2.54. The SMILES string of the molecule is CN(C)c1ccc(CN(C[C@@H]2CCCO2)S(=O)(=O)C2=Cc3ccccc3CC2)cc1. The van der Waals surface area contributed by atoms with Gasteiger partial charge in [-0.3, -0.25) is 0 Å². The lowest BCUT2D eigenvalue weighted by Crippen LogP contribution is -2.38. The Hall–Kier alpha value is -2.15. The third kappa shape index (κ3) is 4.61. The van der Waals surface area contributed by atoms with Gasteiger partial charge in [-0.25, -0.2) is 8.42 Å². The van der Waals surface area contributed by atoms with E-state index in [9.17, 15) is 8.42 Å². The van der Waals surface area contributed by atoms with E-state index in [-0.39, 0.29) is 6.10 Å². The number of hydrogen-bond donors (Lipinski definition) is 0. The summed E-state index contributed by atoms with van der Waals surface area (Å²) in [6, 6.07) is 16.1. The van der Waals surface area contributed by atoms with Gasteiger partial charge >= 0.3 is 0 Å². The molecule has 0 spiro atoms. The van der Waals surface area contributed by atoms with E-state index < -0.39 is 10.0 Å². The molecule has 0 saturated carbocycles. The number of fused-ring (bicyclic) bond motifs is 1. The Morgan fingerprint density at radius 2 is 1.80 bits per heavy atom. The molecule has 5 nitrogen and oxygen atoms in total. The van der Waals surface area contributed by atoms with E-state index in [4.69, 9.17) is 4.74 Å². The van der Waals surface area contributed by atoms with Crippen molar-refractivity contribution in [1.29, 1.82) is 0 Å². The Labute approximate surface area is 180 Å². The topological polar surface area (TPSA) is 49.9 Å². The van der Waals surface area contributed by atoms with Crippen molar-refractivity contribution in [3.8, 4) is 0 Å². The second kappa shape index (κ2) is 8.92. The molecule has 4 rings (SSSR count). The fourth-order valence-electron chi connectivity index (χ4n) is 4.14. The number of rotatable bonds is 7. The molecule has 1 saturated heterocycles. The highest BCUT2D eigenvalue weighted by molar-refractivity contribution is 7.93. The van der Waals surface area contributed by atoms with Crippen LogP contribution in [-0.2, 0) is 27.7 Å². The van der Waals surface area contributed by atoms with Gasteiger partial charge in [-0.05, 0) is 60.6 Å². The molecule has 0 radical (unpaired) electrons. The van der Waals surface area contributed by atoms with E-state index in [1.54, 1.807) is 4.31 Å². The van der Waals surface area contributed by atoms with Gasteiger partial charge in [0.25, 0.3) is 0 Å². The van der Waals surface area contributed by atoms with Crippen molar-refractivity contribution < 1.29 is 13.2 Å². The van der Waals surface area contributed by atoms with Crippen LogP contribution in [-0.4, -0.2) is 46.1 Å². The summed E-state index contributed by atoms with van der Waals surface area (Å²) in [5.41, 5.74) is 4.30. The van der Waals surface area contributed by atoms with Crippen LogP contribution in [0.25, 0.3) is 6.08 Å². The molecule has 2 aromatic rings. The fraction of sp³-hybridized carbons (Fsp3) is 0.417. The van der Waals surface area contributed by atoms with Crippen LogP contribution in [0.5, 0.6) is 0 Å². The van der Waals surface area contributed by atoms with Crippen molar-refractivity contribution in [3.63, 3.8) is 0 Å². The lowest BCUT2D eigenvalue weighted by Gasteiger charge is -2.28. The van der Waals surface area contributed by atoms with Gasteiger partial charge in [0.05, 0.1) is 11.0 Å². The first kappa shape index (κ1) is 21.1. The molecule has 1 aliphatic carbocycles. The predicted molar refractivity (Wildman–Crippen MR) is 122 cm³/mol. The summed E-state index contributed by atoms with van der Waals surface area (Å²) < 4.78 is 34.7. The summed E-state index contributed by atoms with van der Waals surface area (Å²) in [7, 11) is 0.418. The molecule has 1 atom stereocenters. The van der Waals surface area contributed by atoms with Crippen molar-refractivity contribution in [3.05, 3.63) is 70.1 Å². The molecular weight excluding hydrogens is 396 g/mol. The first-order chi connectivity index (χ1) is 14.4. The predicted octanol–water partition coefficient (Wildman–Crippen LogP) is 4.05. The lowest BCUT2D eigenvalue weighted by atomic mass is 9.98. The molecule has 6 heteroatoms. The number of aryl methyl sites for hydroxylation is 1. The number of anilines is 1. The summed E-state index contributed by atoms with van der Waals surface area (Å²) in [6.07, 6.45) is 5.02. The maximum Gasteiger partial charge on any atom is 0.239 e. The summed E-state index contributed by atoms with van der Waals surface area (Å²) in [5, 5.41) is 0. The molecule has 0 aromatic heterocycles. The van der Waals surface area contributed by atoms with Gasteiger partial charge in [0, 0.05) is 39.5 Å². The minimum Gasteiger partial charge on any atom is -0.378 e. The average molecular weight is 427 g/mol. The maximum atomic E-state index is 13.7. The molecule has 160 valence electrons. The number of nitrogens with zero attached hydrogens (tertiary/aromatic N) is 2. The average Bonchev–Trinajstić information content (AvgIpc) is 3.26. The smallest absolute Gasteiger partial charge is 0.239 e. The first-order valence-corrected chi connectivity index (χ1v) is 12.0. The summed E-state index contributed by atoms with van der Waals surface area (Å²) >= 11 is 0. The molecule has 0 amide bonds. The molecule has 30 heavy (non-hydrogen) atoms. The number of sulfonamides is 1. The van der Waals surface area contributed by atoms with E-state index in [0.29, 0.717) is 31.0 Å². The van der Waals surface area contributed by atoms with Gasteiger partial charge in [-0.1, -0.05) is 36.4 Å². The zero-order chi connectivity index (χ0) is 21.1. The first-order valence-electron chi connectivity index (χ1n) is 10.6. The second-order valence-corrected chi connectivity index (χ2v) is 10.3. The Bertz CT molecular complexity index is 1010. The van der Waals surface area contributed by atoms with E-state index in [2.05, 4.69) is 6.07 Å². The Morgan fingerprint density at radius 1 is 1.03 bits per heavy atom. The van der Waals surface area contributed by atoms with Crippen molar-refractivity contribution in [1.82, 2.24) is 4.31 Å². The number of ether oxygens (including phenoxy) is 1. The highest BCUT2D eigenvalue weighted by Crippen LogP contribution is 2.30. The molecule has 1 aliphatic heterocycles. The minimum atomic E-state index is -3.57. The normalized spacial score (nSPS) is 18.9. The van der Waals surface area contributed by atoms with E-state index in [1.807, 2.05) is 67.5 Å². The van der Waals surface area contributed by atoms with Crippen molar-refractivity contribution in [2.24, 2.45) is 0 Å². The van der Waals surface area contributed by atoms with Crippen LogP contribution in [0.15, 0.2) is 53.4 Å². The Balaban J connectivity index is 1.62. The standard InChI is InChI=1S/C24H30N2O3S/c1-25(2)22-12-9-19(10-13-22)17-26(18-23-8-5-15-29-23)30(27,28)24-14-11-20-6-3-4-7-21(20)16-24/h3-4,6-7,9-10,12-13,16,23H,5,8,11,14-15,17-18H2,1-2H3/t23-/m0/s1. The molecule has 0 N–H and O–H groups in total. The number of benzene rings is 2. The number of allylic oxidation sites excluding steroid dienone is 1. The van der Waals surface area contributed by atoms with Crippen molar-refractivity contribution in [2.75, 3.05) is 32.1 Å². The third-order valence-electron chi connectivity index (χ3n) is 5.93. The number of hydrogen-bond acceptors (Lipinski definition) is 4. The summed E-state index contributed by atoms with van der Waals surface area (Å²) in [5.74, 6) is 0. The molecule has 2 aromatic carbocycles. The van der Waals surface area contributed by atoms with Crippen LogP contribution in [0.2, 0.25) is 0 Å². The molecule has 0 unspecified atom stereocenters. The second-order valence-electron chi connectivity index (χ2n) is 8.30. The van der Waals surface area contributed by atoms with Crippen molar-refractivity contribution >= 4 is 21.8 Å².